The summed E-state index contributed by atoms with van der Waals surface area (Å²) >= 11 is 0. The van der Waals surface area contributed by atoms with Crippen molar-refractivity contribution < 1.29 is 22.1 Å². The van der Waals surface area contributed by atoms with Gasteiger partial charge in [0.25, 0.3) is 0 Å². The number of carbonyl (C=O) groups is 1. The number of halogens is 1. The van der Waals surface area contributed by atoms with Crippen molar-refractivity contribution in [3.8, 4) is 11.4 Å². The molecule has 30 heavy (non-hydrogen) atoms. The number of rotatable bonds is 7. The van der Waals surface area contributed by atoms with Crippen LogP contribution in [0.15, 0.2) is 57.9 Å². The van der Waals surface area contributed by atoms with Gasteiger partial charge in [-0.05, 0) is 48.9 Å². The Morgan fingerprint density at radius 1 is 1.23 bits per heavy atom. The minimum Gasteiger partial charge on any atom is -0.339 e. The molecule has 1 unspecified atom stereocenters. The molecule has 0 aliphatic rings. The predicted octanol–water partition coefficient (Wildman–Crippen LogP) is 2.68. The van der Waals surface area contributed by atoms with Crippen LogP contribution < -0.4 is 5.14 Å². The van der Waals surface area contributed by atoms with Crippen LogP contribution in [0.4, 0.5) is 4.39 Å². The smallest absolute Gasteiger partial charge is 0.238 e. The number of amides is 1. The van der Waals surface area contributed by atoms with Crippen molar-refractivity contribution in [1.82, 2.24) is 15.0 Å². The number of benzene rings is 2. The topological polar surface area (TPSA) is 119 Å². The van der Waals surface area contributed by atoms with E-state index in [1.54, 1.807) is 38.2 Å². The highest BCUT2D eigenvalue weighted by Crippen LogP contribution is 2.22. The summed E-state index contributed by atoms with van der Waals surface area (Å²) in [5.74, 6) is 0.0730. The minimum atomic E-state index is -3.83. The Morgan fingerprint density at radius 2 is 1.93 bits per heavy atom. The number of carbonyl (C=O) groups excluding carboxylic acids is 1. The van der Waals surface area contributed by atoms with Crippen LogP contribution in [-0.4, -0.2) is 36.4 Å². The van der Waals surface area contributed by atoms with Gasteiger partial charge in [0, 0.05) is 25.5 Å². The number of hydrogen-bond acceptors (Lipinski definition) is 6. The van der Waals surface area contributed by atoms with Gasteiger partial charge < -0.3 is 9.42 Å². The number of primary sulfonamides is 1. The van der Waals surface area contributed by atoms with Crippen molar-refractivity contribution in [1.29, 1.82) is 0 Å². The second-order valence-electron chi connectivity index (χ2n) is 6.82. The van der Waals surface area contributed by atoms with Crippen LogP contribution in [0.25, 0.3) is 11.4 Å². The summed E-state index contributed by atoms with van der Waals surface area (Å²) in [5, 5.41) is 9.03. The molecule has 0 radical (unpaired) electrons. The second kappa shape index (κ2) is 8.72. The highest BCUT2D eigenvalue weighted by Gasteiger charge is 2.20. The molecule has 1 atom stereocenters. The van der Waals surface area contributed by atoms with Gasteiger partial charge in [-0.3, -0.25) is 4.79 Å². The highest BCUT2D eigenvalue weighted by molar-refractivity contribution is 7.89. The van der Waals surface area contributed by atoms with Gasteiger partial charge in [0.05, 0.1) is 10.9 Å². The Labute approximate surface area is 173 Å². The van der Waals surface area contributed by atoms with E-state index in [1.807, 2.05) is 0 Å². The first-order chi connectivity index (χ1) is 14.1. The summed E-state index contributed by atoms with van der Waals surface area (Å²) in [6.07, 6.45) is 0.363. The Bertz CT molecular complexity index is 1150. The zero-order valence-electron chi connectivity index (χ0n) is 16.4. The average molecular weight is 432 g/mol. The van der Waals surface area contributed by atoms with Crippen molar-refractivity contribution in [2.75, 3.05) is 7.05 Å². The van der Waals surface area contributed by atoms with E-state index >= 15 is 0 Å². The highest BCUT2D eigenvalue weighted by atomic mass is 32.2. The maximum atomic E-state index is 13.0. The van der Waals surface area contributed by atoms with Gasteiger partial charge in [-0.25, -0.2) is 17.9 Å². The standard InChI is InChI=1S/C20H21FN4O4S/c1-13(15-4-3-5-17(12-15)30(22,27)28)25(2)19(26)11-10-18-23-20(24-29-18)14-6-8-16(21)9-7-14/h3-9,12-13H,10-11H2,1-2H3,(H2,22,27,28). The van der Waals surface area contributed by atoms with Gasteiger partial charge in [-0.15, -0.1) is 0 Å². The third kappa shape index (κ3) is 5.08. The molecule has 1 heterocycles. The van der Waals surface area contributed by atoms with Crippen LogP contribution >= 0.6 is 0 Å². The summed E-state index contributed by atoms with van der Waals surface area (Å²) in [4.78, 5) is 18.3. The Balaban J connectivity index is 1.63. The van der Waals surface area contributed by atoms with Crippen LogP contribution in [0.5, 0.6) is 0 Å². The van der Waals surface area contributed by atoms with E-state index in [-0.39, 0.29) is 35.5 Å². The van der Waals surface area contributed by atoms with Gasteiger partial charge in [0.15, 0.2) is 0 Å². The third-order valence-corrected chi connectivity index (χ3v) is 5.68. The summed E-state index contributed by atoms with van der Waals surface area (Å²) in [6, 6.07) is 11.5. The lowest BCUT2D eigenvalue weighted by Crippen LogP contribution is -2.30. The fourth-order valence-corrected chi connectivity index (χ4v) is 3.42. The van der Waals surface area contributed by atoms with Gasteiger partial charge in [-0.1, -0.05) is 17.3 Å². The Hall–Kier alpha value is -3.11. The lowest BCUT2D eigenvalue weighted by Gasteiger charge is -2.25. The number of aromatic nitrogens is 2. The molecule has 0 fully saturated rings. The van der Waals surface area contributed by atoms with E-state index in [2.05, 4.69) is 10.1 Å². The van der Waals surface area contributed by atoms with E-state index in [4.69, 9.17) is 9.66 Å². The molecule has 158 valence electrons. The van der Waals surface area contributed by atoms with Crippen LogP contribution in [0.2, 0.25) is 0 Å². The molecular weight excluding hydrogens is 411 g/mol. The van der Waals surface area contributed by atoms with E-state index in [9.17, 15) is 17.6 Å². The fraction of sp³-hybridized carbons (Fsp3) is 0.250. The quantitative estimate of drug-likeness (QED) is 0.613. The number of nitrogens with two attached hydrogens (primary N) is 1. The molecule has 2 aromatic carbocycles. The number of hydrogen-bond donors (Lipinski definition) is 1. The number of aryl methyl sites for hydroxylation is 1. The average Bonchev–Trinajstić information content (AvgIpc) is 3.20. The summed E-state index contributed by atoms with van der Waals surface area (Å²) in [7, 11) is -2.19. The molecular formula is C20H21FN4O4S. The van der Waals surface area contributed by atoms with E-state index in [0.29, 0.717) is 22.8 Å². The first kappa shape index (κ1) is 21.6. The molecule has 0 bridgehead atoms. The fourth-order valence-electron chi connectivity index (χ4n) is 2.85. The van der Waals surface area contributed by atoms with Gasteiger partial charge in [-0.2, -0.15) is 4.98 Å². The third-order valence-electron chi connectivity index (χ3n) is 4.77. The first-order valence-electron chi connectivity index (χ1n) is 9.12. The van der Waals surface area contributed by atoms with Crippen LogP contribution in [-0.2, 0) is 21.2 Å². The lowest BCUT2D eigenvalue weighted by molar-refractivity contribution is -0.131. The van der Waals surface area contributed by atoms with Crippen LogP contribution in [0, 0.1) is 5.82 Å². The molecule has 0 saturated heterocycles. The molecule has 3 aromatic rings. The van der Waals surface area contributed by atoms with Crippen molar-refractivity contribution in [3.05, 3.63) is 65.8 Å². The summed E-state index contributed by atoms with van der Waals surface area (Å²) < 4.78 is 41.3. The monoisotopic (exact) mass is 432 g/mol. The number of nitrogens with zero attached hydrogens (tertiary/aromatic N) is 3. The molecule has 8 nitrogen and oxygen atoms in total. The Morgan fingerprint density at radius 3 is 2.60 bits per heavy atom. The molecule has 1 aromatic heterocycles. The molecule has 0 aliphatic heterocycles. The molecule has 3 rings (SSSR count). The van der Waals surface area contributed by atoms with Crippen molar-refractivity contribution in [3.63, 3.8) is 0 Å². The predicted molar refractivity (Wildman–Crippen MR) is 107 cm³/mol. The van der Waals surface area contributed by atoms with Gasteiger partial charge in [0.1, 0.15) is 5.82 Å². The normalized spacial score (nSPS) is 12.5. The van der Waals surface area contributed by atoms with Crippen LogP contribution in [0.3, 0.4) is 0 Å². The molecule has 2 N–H and O–H groups in total. The SMILES string of the molecule is CC(c1cccc(S(N)(=O)=O)c1)N(C)C(=O)CCc1nc(-c2ccc(F)cc2)no1. The number of sulfonamides is 1. The van der Waals surface area contributed by atoms with Crippen molar-refractivity contribution in [2.45, 2.75) is 30.7 Å². The largest absolute Gasteiger partial charge is 0.339 e. The second-order valence-corrected chi connectivity index (χ2v) is 8.38. The zero-order chi connectivity index (χ0) is 21.9. The lowest BCUT2D eigenvalue weighted by atomic mass is 10.1. The molecule has 0 aliphatic carbocycles. The van der Waals surface area contributed by atoms with Gasteiger partial charge >= 0.3 is 0 Å². The molecule has 0 spiro atoms. The first-order valence-corrected chi connectivity index (χ1v) is 10.7. The molecule has 1 amide bonds. The van der Waals surface area contributed by atoms with E-state index < -0.39 is 10.0 Å². The Kier molecular flexibility index (Phi) is 6.28. The van der Waals surface area contributed by atoms with Crippen LogP contribution in [0.1, 0.15) is 30.8 Å². The van der Waals surface area contributed by atoms with Crippen molar-refractivity contribution >= 4 is 15.9 Å². The maximum absolute atomic E-state index is 13.0. The van der Waals surface area contributed by atoms with E-state index in [0.717, 1.165) is 0 Å². The molecule has 0 saturated carbocycles. The van der Waals surface area contributed by atoms with Gasteiger partial charge in [0.2, 0.25) is 27.6 Å². The summed E-state index contributed by atoms with van der Waals surface area (Å²) in [6.45, 7) is 1.79. The minimum absolute atomic E-state index is 0.00752. The van der Waals surface area contributed by atoms with Crippen molar-refractivity contribution in [2.24, 2.45) is 5.14 Å². The van der Waals surface area contributed by atoms with E-state index in [1.165, 1.54) is 29.2 Å². The molecule has 10 heteroatoms. The summed E-state index contributed by atoms with van der Waals surface area (Å²) in [5.41, 5.74) is 1.26. The zero-order valence-corrected chi connectivity index (χ0v) is 17.3. The maximum Gasteiger partial charge on any atom is 0.238 e.